The summed E-state index contributed by atoms with van der Waals surface area (Å²) < 4.78 is 15.7. The molecule has 0 aromatic heterocycles. The molecule has 1 aliphatic carbocycles. The van der Waals surface area contributed by atoms with Gasteiger partial charge in [-0.3, -0.25) is 4.79 Å². The summed E-state index contributed by atoms with van der Waals surface area (Å²) in [5.41, 5.74) is 0.461. The molecule has 0 unspecified atom stereocenters. The summed E-state index contributed by atoms with van der Waals surface area (Å²) in [5.74, 6) is 1.26. The van der Waals surface area contributed by atoms with Gasteiger partial charge in [-0.05, 0) is 18.9 Å². The third kappa shape index (κ3) is 2.12. The molecule has 1 aromatic carbocycles. The van der Waals surface area contributed by atoms with E-state index in [9.17, 15) is 4.79 Å². The highest BCUT2D eigenvalue weighted by molar-refractivity contribution is 6.33. The molecule has 5 heteroatoms. The lowest BCUT2D eigenvalue weighted by molar-refractivity contribution is 0.0964. The number of ether oxygens (including phenoxy) is 3. The number of Topliss-reactive ketones (excluding diaryl/α,β-unsaturated/α-hetero) is 1. The molecule has 0 bridgehead atoms. The first-order valence-electron chi connectivity index (χ1n) is 5.66. The number of methoxy groups -OCH3 is 3. The number of benzene rings is 1. The standard InChI is InChI=1S/C13H15ClO4/c1-16-11-8(10(15)7-4-5-7)6-9(14)12(17-2)13(11)18-3/h6-7H,4-5H2,1-3H3. The van der Waals surface area contributed by atoms with Crippen LogP contribution in [0.4, 0.5) is 0 Å². The Balaban J connectivity index is 2.58. The van der Waals surface area contributed by atoms with Gasteiger partial charge in [-0.1, -0.05) is 11.6 Å². The Morgan fingerprint density at radius 1 is 1.11 bits per heavy atom. The fraction of sp³-hybridized carbons (Fsp3) is 0.462. The summed E-state index contributed by atoms with van der Waals surface area (Å²) in [6.45, 7) is 0. The molecule has 2 rings (SSSR count). The van der Waals surface area contributed by atoms with Gasteiger partial charge >= 0.3 is 0 Å². The summed E-state index contributed by atoms with van der Waals surface area (Å²) in [5, 5.41) is 0.346. The van der Waals surface area contributed by atoms with Gasteiger partial charge in [-0.25, -0.2) is 0 Å². The minimum absolute atomic E-state index is 0.0507. The minimum atomic E-state index is 0.0507. The molecule has 1 aromatic rings. The van der Waals surface area contributed by atoms with E-state index in [-0.39, 0.29) is 11.7 Å². The molecule has 98 valence electrons. The Morgan fingerprint density at radius 3 is 2.11 bits per heavy atom. The van der Waals surface area contributed by atoms with Gasteiger partial charge in [0.05, 0.1) is 31.9 Å². The summed E-state index contributed by atoms with van der Waals surface area (Å²) in [7, 11) is 4.47. The summed E-state index contributed by atoms with van der Waals surface area (Å²) in [6.07, 6.45) is 1.85. The van der Waals surface area contributed by atoms with E-state index in [1.807, 2.05) is 0 Å². The average molecular weight is 271 g/mol. The fourth-order valence-electron chi connectivity index (χ4n) is 1.92. The van der Waals surface area contributed by atoms with Gasteiger partial charge < -0.3 is 14.2 Å². The second-order valence-electron chi connectivity index (χ2n) is 4.14. The van der Waals surface area contributed by atoms with Gasteiger partial charge in [0.2, 0.25) is 5.75 Å². The van der Waals surface area contributed by atoms with E-state index < -0.39 is 0 Å². The van der Waals surface area contributed by atoms with Crippen molar-refractivity contribution in [2.45, 2.75) is 12.8 Å². The van der Waals surface area contributed by atoms with Crippen molar-refractivity contribution in [3.63, 3.8) is 0 Å². The molecule has 0 saturated heterocycles. The molecule has 1 fully saturated rings. The van der Waals surface area contributed by atoms with Crippen LogP contribution >= 0.6 is 11.6 Å². The Hall–Kier alpha value is -1.42. The predicted octanol–water partition coefficient (Wildman–Crippen LogP) is 2.96. The highest BCUT2D eigenvalue weighted by Crippen LogP contribution is 2.47. The van der Waals surface area contributed by atoms with Crippen LogP contribution < -0.4 is 14.2 Å². The van der Waals surface area contributed by atoms with E-state index in [0.717, 1.165) is 12.8 Å². The van der Waals surface area contributed by atoms with E-state index in [4.69, 9.17) is 25.8 Å². The molecule has 0 atom stereocenters. The van der Waals surface area contributed by atoms with Crippen molar-refractivity contribution in [3.05, 3.63) is 16.7 Å². The molecule has 0 spiro atoms. The second kappa shape index (κ2) is 5.06. The third-order valence-electron chi connectivity index (χ3n) is 2.97. The number of rotatable bonds is 5. The quantitative estimate of drug-likeness (QED) is 0.772. The van der Waals surface area contributed by atoms with E-state index in [2.05, 4.69) is 0 Å². The molecule has 18 heavy (non-hydrogen) atoms. The van der Waals surface area contributed by atoms with Crippen LogP contribution in [-0.2, 0) is 0 Å². The molecular weight excluding hydrogens is 256 g/mol. The van der Waals surface area contributed by atoms with Gasteiger partial charge in [-0.2, -0.15) is 0 Å². The van der Waals surface area contributed by atoms with Gasteiger partial charge in [0.25, 0.3) is 0 Å². The smallest absolute Gasteiger partial charge is 0.205 e. The van der Waals surface area contributed by atoms with Crippen molar-refractivity contribution in [2.75, 3.05) is 21.3 Å². The SMILES string of the molecule is COc1c(Cl)cc(C(=O)C2CC2)c(OC)c1OC. The zero-order valence-electron chi connectivity index (χ0n) is 10.6. The lowest BCUT2D eigenvalue weighted by Crippen LogP contribution is -2.07. The molecule has 0 aliphatic heterocycles. The molecule has 0 radical (unpaired) electrons. The van der Waals surface area contributed by atoms with E-state index >= 15 is 0 Å². The van der Waals surface area contributed by atoms with Crippen LogP contribution in [0.5, 0.6) is 17.2 Å². The number of carbonyl (C=O) groups is 1. The first-order valence-corrected chi connectivity index (χ1v) is 6.04. The number of hydrogen-bond acceptors (Lipinski definition) is 4. The maximum Gasteiger partial charge on any atom is 0.205 e. The van der Waals surface area contributed by atoms with Crippen molar-refractivity contribution in [1.29, 1.82) is 0 Å². The van der Waals surface area contributed by atoms with E-state index in [1.54, 1.807) is 6.07 Å². The van der Waals surface area contributed by atoms with E-state index in [1.165, 1.54) is 21.3 Å². The minimum Gasteiger partial charge on any atom is -0.492 e. The normalized spacial score (nSPS) is 14.2. The van der Waals surface area contributed by atoms with Crippen LogP contribution in [0.15, 0.2) is 6.07 Å². The summed E-state index contributed by atoms with van der Waals surface area (Å²) in [4.78, 5) is 12.2. The topological polar surface area (TPSA) is 44.8 Å². The van der Waals surface area contributed by atoms with Crippen molar-refractivity contribution >= 4 is 17.4 Å². The summed E-state index contributed by atoms with van der Waals surface area (Å²) in [6, 6.07) is 1.59. The van der Waals surface area contributed by atoms with Gasteiger partial charge in [0.1, 0.15) is 0 Å². The van der Waals surface area contributed by atoms with Crippen molar-refractivity contribution in [2.24, 2.45) is 5.92 Å². The van der Waals surface area contributed by atoms with Crippen molar-refractivity contribution in [3.8, 4) is 17.2 Å². The lowest BCUT2D eigenvalue weighted by atomic mass is 10.0. The maximum absolute atomic E-state index is 12.2. The van der Waals surface area contributed by atoms with Crippen LogP contribution in [-0.4, -0.2) is 27.1 Å². The number of halogens is 1. The second-order valence-corrected chi connectivity index (χ2v) is 4.55. The molecule has 1 saturated carbocycles. The fourth-order valence-corrected chi connectivity index (χ4v) is 2.19. The largest absolute Gasteiger partial charge is 0.492 e. The number of hydrogen-bond donors (Lipinski definition) is 0. The Morgan fingerprint density at radius 2 is 1.67 bits per heavy atom. The maximum atomic E-state index is 12.2. The van der Waals surface area contributed by atoms with E-state index in [0.29, 0.717) is 27.8 Å². The van der Waals surface area contributed by atoms with Gasteiger partial charge in [0.15, 0.2) is 17.3 Å². The van der Waals surface area contributed by atoms with Crippen LogP contribution in [0.2, 0.25) is 5.02 Å². The lowest BCUT2D eigenvalue weighted by Gasteiger charge is -2.16. The number of carbonyl (C=O) groups excluding carboxylic acids is 1. The molecule has 4 nitrogen and oxygen atoms in total. The molecule has 0 amide bonds. The van der Waals surface area contributed by atoms with Gasteiger partial charge in [0, 0.05) is 5.92 Å². The van der Waals surface area contributed by atoms with Crippen LogP contribution in [0.3, 0.4) is 0 Å². The van der Waals surface area contributed by atoms with Crippen LogP contribution in [0.25, 0.3) is 0 Å². The van der Waals surface area contributed by atoms with Gasteiger partial charge in [-0.15, -0.1) is 0 Å². The van der Waals surface area contributed by atoms with Crippen molar-refractivity contribution in [1.82, 2.24) is 0 Å². The zero-order chi connectivity index (χ0) is 13.3. The first kappa shape index (κ1) is 13.0. The first-order chi connectivity index (χ1) is 8.63. The van der Waals surface area contributed by atoms with Crippen LogP contribution in [0.1, 0.15) is 23.2 Å². The molecule has 1 aliphatic rings. The highest BCUT2D eigenvalue weighted by atomic mass is 35.5. The third-order valence-corrected chi connectivity index (χ3v) is 3.25. The molecule has 0 N–H and O–H groups in total. The zero-order valence-corrected chi connectivity index (χ0v) is 11.3. The Bertz CT molecular complexity index is 480. The highest BCUT2D eigenvalue weighted by Gasteiger charge is 2.34. The number of ketones is 1. The Kier molecular flexibility index (Phi) is 3.66. The summed E-state index contributed by atoms with van der Waals surface area (Å²) >= 11 is 6.10. The van der Waals surface area contributed by atoms with Crippen molar-refractivity contribution < 1.29 is 19.0 Å². The average Bonchev–Trinajstić information content (AvgIpc) is 3.20. The predicted molar refractivity (Wildman–Crippen MR) is 68.2 cm³/mol. The molecular formula is C13H15ClO4. The van der Waals surface area contributed by atoms with Crippen LogP contribution in [0, 0.1) is 5.92 Å². The Labute approximate surface area is 111 Å². The monoisotopic (exact) mass is 270 g/mol. The molecule has 0 heterocycles.